The van der Waals surface area contributed by atoms with Gasteiger partial charge in [-0.15, -0.1) is 0 Å². The van der Waals surface area contributed by atoms with Crippen LogP contribution in [0.25, 0.3) is 0 Å². The average molecular weight is 204 g/mol. The van der Waals surface area contributed by atoms with Gasteiger partial charge in [0, 0.05) is 12.2 Å². The number of benzene rings is 1. The minimum absolute atomic E-state index is 0.484. The summed E-state index contributed by atoms with van der Waals surface area (Å²) in [5.74, 6) is 0. The van der Waals surface area contributed by atoms with Crippen molar-refractivity contribution in [3.63, 3.8) is 0 Å². The average Bonchev–Trinajstić information content (AvgIpc) is 2.14. The van der Waals surface area contributed by atoms with Gasteiger partial charge in [-0.25, -0.2) is 0 Å². The number of nitrogens with one attached hydrogen (secondary N) is 1. The van der Waals surface area contributed by atoms with Crippen molar-refractivity contribution in [2.45, 2.75) is 26.4 Å². The van der Waals surface area contributed by atoms with Crippen molar-refractivity contribution in [1.29, 1.82) is 5.26 Å². The van der Waals surface area contributed by atoms with Crippen molar-refractivity contribution >= 4 is 5.69 Å². The van der Waals surface area contributed by atoms with Crippen molar-refractivity contribution in [3.05, 3.63) is 29.3 Å². The summed E-state index contributed by atoms with van der Waals surface area (Å²) in [6, 6.07) is 7.65. The summed E-state index contributed by atoms with van der Waals surface area (Å²) in [5, 5.41) is 21.4. The second-order valence-corrected chi connectivity index (χ2v) is 4.31. The number of nitrogens with zero attached hydrogens (tertiary/aromatic N) is 1. The SMILES string of the molecule is Cc1cc(NCC(C)(C)O)ccc1C#N. The number of hydrogen-bond acceptors (Lipinski definition) is 3. The van der Waals surface area contributed by atoms with Crippen LogP contribution >= 0.6 is 0 Å². The van der Waals surface area contributed by atoms with Gasteiger partial charge in [0.25, 0.3) is 0 Å². The summed E-state index contributed by atoms with van der Waals surface area (Å²) in [4.78, 5) is 0. The minimum Gasteiger partial charge on any atom is -0.389 e. The molecule has 80 valence electrons. The number of aryl methyl sites for hydroxylation is 1. The lowest BCUT2D eigenvalue weighted by Gasteiger charge is -2.18. The molecule has 1 rings (SSSR count). The Bertz CT molecular complexity index is 386. The van der Waals surface area contributed by atoms with Gasteiger partial charge >= 0.3 is 0 Å². The quantitative estimate of drug-likeness (QED) is 0.792. The van der Waals surface area contributed by atoms with Crippen molar-refractivity contribution in [3.8, 4) is 6.07 Å². The zero-order valence-electron chi connectivity index (χ0n) is 9.33. The van der Waals surface area contributed by atoms with Gasteiger partial charge in [0.1, 0.15) is 0 Å². The predicted octanol–water partition coefficient (Wildman–Crippen LogP) is 2.05. The maximum absolute atomic E-state index is 9.53. The Morgan fingerprint density at radius 1 is 1.47 bits per heavy atom. The molecule has 0 aromatic heterocycles. The Morgan fingerprint density at radius 3 is 2.60 bits per heavy atom. The first-order chi connectivity index (χ1) is 6.92. The zero-order valence-corrected chi connectivity index (χ0v) is 9.33. The fourth-order valence-corrected chi connectivity index (χ4v) is 1.22. The van der Waals surface area contributed by atoms with E-state index in [4.69, 9.17) is 5.26 Å². The van der Waals surface area contributed by atoms with Crippen molar-refractivity contribution in [2.24, 2.45) is 0 Å². The normalized spacial score (nSPS) is 10.9. The third kappa shape index (κ3) is 3.61. The molecule has 1 aromatic rings. The molecule has 3 nitrogen and oxygen atoms in total. The number of anilines is 1. The fourth-order valence-electron chi connectivity index (χ4n) is 1.22. The monoisotopic (exact) mass is 204 g/mol. The van der Waals surface area contributed by atoms with Crippen molar-refractivity contribution in [1.82, 2.24) is 0 Å². The van der Waals surface area contributed by atoms with Gasteiger partial charge in [0.2, 0.25) is 0 Å². The van der Waals surface area contributed by atoms with Gasteiger partial charge in [-0.1, -0.05) is 0 Å². The Balaban J connectivity index is 2.73. The van der Waals surface area contributed by atoms with Crippen LogP contribution in [0.1, 0.15) is 25.0 Å². The predicted molar refractivity (Wildman–Crippen MR) is 60.7 cm³/mol. The van der Waals surface area contributed by atoms with Crippen molar-refractivity contribution < 1.29 is 5.11 Å². The van der Waals surface area contributed by atoms with Crippen LogP contribution in [0.15, 0.2) is 18.2 Å². The van der Waals surface area contributed by atoms with Gasteiger partial charge in [-0.05, 0) is 44.5 Å². The second-order valence-electron chi connectivity index (χ2n) is 4.31. The molecule has 0 aliphatic heterocycles. The summed E-state index contributed by atoms with van der Waals surface area (Å²) < 4.78 is 0. The number of nitriles is 1. The van der Waals surface area contributed by atoms with E-state index in [9.17, 15) is 5.11 Å². The highest BCUT2D eigenvalue weighted by molar-refractivity contribution is 5.51. The molecule has 0 spiro atoms. The zero-order chi connectivity index (χ0) is 11.5. The molecule has 15 heavy (non-hydrogen) atoms. The summed E-state index contributed by atoms with van der Waals surface area (Å²) in [7, 11) is 0. The largest absolute Gasteiger partial charge is 0.389 e. The summed E-state index contributed by atoms with van der Waals surface area (Å²) in [6.45, 7) is 5.87. The van der Waals surface area contributed by atoms with Crippen LogP contribution in [0, 0.1) is 18.3 Å². The number of rotatable bonds is 3. The first-order valence-corrected chi connectivity index (χ1v) is 4.89. The summed E-state index contributed by atoms with van der Waals surface area (Å²) in [5.41, 5.74) is 1.82. The Kier molecular flexibility index (Phi) is 3.33. The van der Waals surface area contributed by atoms with E-state index in [0.29, 0.717) is 12.1 Å². The Morgan fingerprint density at radius 2 is 2.13 bits per heavy atom. The maximum atomic E-state index is 9.53. The molecule has 0 heterocycles. The van der Waals surface area contributed by atoms with E-state index in [1.165, 1.54) is 0 Å². The van der Waals surface area contributed by atoms with Gasteiger partial charge in [-0.3, -0.25) is 0 Å². The highest BCUT2D eigenvalue weighted by atomic mass is 16.3. The Hall–Kier alpha value is -1.53. The lowest BCUT2D eigenvalue weighted by atomic mass is 10.1. The first kappa shape index (κ1) is 11.5. The van der Waals surface area contributed by atoms with Gasteiger partial charge in [0.15, 0.2) is 0 Å². The summed E-state index contributed by atoms with van der Waals surface area (Å²) >= 11 is 0. The lowest BCUT2D eigenvalue weighted by molar-refractivity contribution is 0.0945. The molecule has 0 atom stereocenters. The second kappa shape index (κ2) is 4.33. The van der Waals surface area contributed by atoms with Crippen LogP contribution in [0.2, 0.25) is 0 Å². The number of aliphatic hydroxyl groups is 1. The van der Waals surface area contributed by atoms with E-state index in [-0.39, 0.29) is 0 Å². The van der Waals surface area contributed by atoms with E-state index >= 15 is 0 Å². The molecule has 0 aliphatic carbocycles. The molecule has 0 amide bonds. The van der Waals surface area contributed by atoms with Crippen LogP contribution in [0.3, 0.4) is 0 Å². The number of hydrogen-bond donors (Lipinski definition) is 2. The molecule has 0 bridgehead atoms. The third-order valence-corrected chi connectivity index (χ3v) is 2.07. The van der Waals surface area contributed by atoms with E-state index in [1.807, 2.05) is 19.1 Å². The summed E-state index contributed by atoms with van der Waals surface area (Å²) in [6.07, 6.45) is 0. The van der Waals surface area contributed by atoms with E-state index < -0.39 is 5.60 Å². The molecule has 2 N–H and O–H groups in total. The standard InChI is InChI=1S/C12H16N2O/c1-9-6-11(5-4-10(9)7-13)14-8-12(2,3)15/h4-6,14-15H,8H2,1-3H3. The van der Waals surface area contributed by atoms with Gasteiger partial charge in [-0.2, -0.15) is 5.26 Å². The van der Waals surface area contributed by atoms with Gasteiger partial charge in [0.05, 0.1) is 17.2 Å². The van der Waals surface area contributed by atoms with Gasteiger partial charge < -0.3 is 10.4 Å². The van der Waals surface area contributed by atoms with E-state index in [2.05, 4.69) is 11.4 Å². The molecular formula is C12H16N2O. The van der Waals surface area contributed by atoms with Crippen LogP contribution in [0.5, 0.6) is 0 Å². The highest BCUT2D eigenvalue weighted by Gasteiger charge is 2.11. The lowest BCUT2D eigenvalue weighted by Crippen LogP contribution is -2.29. The maximum Gasteiger partial charge on any atom is 0.0994 e. The molecule has 0 aliphatic rings. The van der Waals surface area contributed by atoms with Crippen molar-refractivity contribution in [2.75, 3.05) is 11.9 Å². The molecule has 0 unspecified atom stereocenters. The third-order valence-electron chi connectivity index (χ3n) is 2.07. The van der Waals surface area contributed by atoms with Crippen LogP contribution in [-0.2, 0) is 0 Å². The molecular weight excluding hydrogens is 188 g/mol. The molecule has 0 radical (unpaired) electrons. The molecule has 0 saturated heterocycles. The van der Waals surface area contributed by atoms with Crippen LogP contribution in [-0.4, -0.2) is 17.3 Å². The molecule has 0 fully saturated rings. The smallest absolute Gasteiger partial charge is 0.0994 e. The molecule has 3 heteroatoms. The van der Waals surface area contributed by atoms with Crippen LogP contribution in [0.4, 0.5) is 5.69 Å². The van der Waals surface area contributed by atoms with Crippen LogP contribution < -0.4 is 5.32 Å². The molecule has 0 saturated carbocycles. The Labute approximate surface area is 90.4 Å². The molecule has 1 aromatic carbocycles. The van der Waals surface area contributed by atoms with E-state index in [1.54, 1.807) is 19.9 Å². The first-order valence-electron chi connectivity index (χ1n) is 4.89. The topological polar surface area (TPSA) is 56.0 Å². The fraction of sp³-hybridized carbons (Fsp3) is 0.417. The van der Waals surface area contributed by atoms with E-state index in [0.717, 1.165) is 11.3 Å². The minimum atomic E-state index is -0.734. The highest BCUT2D eigenvalue weighted by Crippen LogP contribution is 2.15.